The van der Waals surface area contributed by atoms with Gasteiger partial charge in [0.2, 0.25) is 0 Å². The molecule has 0 aromatic heterocycles. The highest BCUT2D eigenvalue weighted by Gasteiger charge is 2.20. The molecule has 1 N–H and O–H groups in total. The molecule has 0 radical (unpaired) electrons. The molecule has 1 aromatic rings. The van der Waals surface area contributed by atoms with Crippen LogP contribution in [-0.2, 0) is 0 Å². The van der Waals surface area contributed by atoms with Crippen LogP contribution in [0.3, 0.4) is 0 Å². The van der Waals surface area contributed by atoms with Gasteiger partial charge in [-0.2, -0.15) is 0 Å². The summed E-state index contributed by atoms with van der Waals surface area (Å²) in [5.74, 6) is 1.03. The predicted octanol–water partition coefficient (Wildman–Crippen LogP) is 3.84. The van der Waals surface area contributed by atoms with Crippen molar-refractivity contribution in [3.63, 3.8) is 0 Å². The van der Waals surface area contributed by atoms with E-state index in [1.54, 1.807) is 0 Å². The summed E-state index contributed by atoms with van der Waals surface area (Å²) in [6.45, 7) is 5.58. The van der Waals surface area contributed by atoms with E-state index in [4.69, 9.17) is 0 Å². The van der Waals surface area contributed by atoms with Crippen LogP contribution in [0, 0.1) is 12.8 Å². The Balaban J connectivity index is 1.84. The second-order valence-corrected chi connectivity index (χ2v) is 5.06. The zero-order chi connectivity index (χ0) is 11.4. The first-order valence-electron chi connectivity index (χ1n) is 6.59. The highest BCUT2D eigenvalue weighted by Crippen LogP contribution is 2.32. The van der Waals surface area contributed by atoms with Gasteiger partial charge >= 0.3 is 0 Å². The Bertz CT molecular complexity index is 311. The van der Waals surface area contributed by atoms with Crippen LogP contribution in [-0.4, -0.2) is 6.54 Å². The molecule has 0 heterocycles. The van der Waals surface area contributed by atoms with Crippen molar-refractivity contribution in [3.05, 3.63) is 35.4 Å². The third kappa shape index (κ3) is 3.34. The van der Waals surface area contributed by atoms with Crippen molar-refractivity contribution in [1.29, 1.82) is 0 Å². The molecule has 1 nitrogen and oxygen atoms in total. The van der Waals surface area contributed by atoms with E-state index in [1.165, 1.54) is 43.4 Å². The molecule has 1 fully saturated rings. The second kappa shape index (κ2) is 5.49. The third-order valence-corrected chi connectivity index (χ3v) is 3.53. The topological polar surface area (TPSA) is 12.0 Å². The molecule has 2 rings (SSSR count). The standard InChI is InChI=1S/C15H23N/c1-3-15(16-11-10-13-6-7-13)14-8-4-12(2)5-9-14/h4-5,8-9,13,15-16H,3,6-7,10-11H2,1-2H3. The molecule has 1 saturated carbocycles. The van der Waals surface area contributed by atoms with Crippen molar-refractivity contribution in [2.24, 2.45) is 5.92 Å². The lowest BCUT2D eigenvalue weighted by Crippen LogP contribution is -2.22. The summed E-state index contributed by atoms with van der Waals surface area (Å²) in [6.07, 6.45) is 5.46. The number of rotatable bonds is 6. The largest absolute Gasteiger partial charge is 0.310 e. The highest BCUT2D eigenvalue weighted by molar-refractivity contribution is 5.24. The van der Waals surface area contributed by atoms with Gasteiger partial charge in [0.15, 0.2) is 0 Å². The maximum Gasteiger partial charge on any atom is 0.0317 e. The fourth-order valence-electron chi connectivity index (χ4n) is 2.16. The van der Waals surface area contributed by atoms with Crippen molar-refractivity contribution < 1.29 is 0 Å². The van der Waals surface area contributed by atoms with Gasteiger partial charge in [-0.05, 0) is 37.8 Å². The zero-order valence-electron chi connectivity index (χ0n) is 10.5. The molecule has 1 atom stereocenters. The van der Waals surface area contributed by atoms with Gasteiger partial charge in [-0.3, -0.25) is 0 Å². The molecule has 1 aliphatic rings. The van der Waals surface area contributed by atoms with E-state index >= 15 is 0 Å². The summed E-state index contributed by atoms with van der Waals surface area (Å²) in [6, 6.07) is 9.47. The Kier molecular flexibility index (Phi) is 4.00. The molecular formula is C15H23N. The molecule has 16 heavy (non-hydrogen) atoms. The van der Waals surface area contributed by atoms with Gasteiger partial charge in [0.25, 0.3) is 0 Å². The molecular weight excluding hydrogens is 194 g/mol. The molecule has 88 valence electrons. The zero-order valence-corrected chi connectivity index (χ0v) is 10.5. The van der Waals surface area contributed by atoms with E-state index in [1.807, 2.05) is 0 Å². The van der Waals surface area contributed by atoms with E-state index in [-0.39, 0.29) is 0 Å². The lowest BCUT2D eigenvalue weighted by molar-refractivity contribution is 0.498. The predicted molar refractivity (Wildman–Crippen MR) is 69.6 cm³/mol. The lowest BCUT2D eigenvalue weighted by Gasteiger charge is -2.17. The minimum absolute atomic E-state index is 0.541. The van der Waals surface area contributed by atoms with E-state index < -0.39 is 0 Å². The molecule has 0 saturated heterocycles. The Morgan fingerprint density at radius 3 is 2.50 bits per heavy atom. The van der Waals surface area contributed by atoms with Gasteiger partial charge in [0.05, 0.1) is 0 Å². The van der Waals surface area contributed by atoms with Gasteiger partial charge in [-0.15, -0.1) is 0 Å². The monoisotopic (exact) mass is 217 g/mol. The maximum atomic E-state index is 3.68. The van der Waals surface area contributed by atoms with Crippen LogP contribution in [0.2, 0.25) is 0 Å². The second-order valence-electron chi connectivity index (χ2n) is 5.06. The molecule has 1 aromatic carbocycles. The van der Waals surface area contributed by atoms with Crippen molar-refractivity contribution in [3.8, 4) is 0 Å². The molecule has 0 amide bonds. The van der Waals surface area contributed by atoms with Crippen molar-refractivity contribution in [2.75, 3.05) is 6.54 Å². The van der Waals surface area contributed by atoms with Crippen molar-refractivity contribution in [2.45, 2.75) is 45.6 Å². The highest BCUT2D eigenvalue weighted by atomic mass is 14.9. The molecule has 1 aliphatic carbocycles. The van der Waals surface area contributed by atoms with Crippen molar-refractivity contribution in [1.82, 2.24) is 5.32 Å². The fraction of sp³-hybridized carbons (Fsp3) is 0.600. The summed E-state index contributed by atoms with van der Waals surface area (Å²) in [7, 11) is 0. The van der Waals surface area contributed by atoms with E-state index in [9.17, 15) is 0 Å². The molecule has 0 spiro atoms. The summed E-state index contributed by atoms with van der Waals surface area (Å²) in [5, 5.41) is 3.68. The summed E-state index contributed by atoms with van der Waals surface area (Å²) >= 11 is 0. The Hall–Kier alpha value is -0.820. The van der Waals surface area contributed by atoms with E-state index in [0.717, 1.165) is 5.92 Å². The maximum absolute atomic E-state index is 3.68. The van der Waals surface area contributed by atoms with Crippen LogP contribution >= 0.6 is 0 Å². The molecule has 1 unspecified atom stereocenters. The molecule has 1 heteroatoms. The Morgan fingerprint density at radius 1 is 1.25 bits per heavy atom. The fourth-order valence-corrected chi connectivity index (χ4v) is 2.16. The average Bonchev–Trinajstić information content (AvgIpc) is 3.10. The number of benzene rings is 1. The summed E-state index contributed by atoms with van der Waals surface area (Å²) < 4.78 is 0. The van der Waals surface area contributed by atoms with Crippen molar-refractivity contribution >= 4 is 0 Å². The van der Waals surface area contributed by atoms with Crippen LogP contribution in [0.25, 0.3) is 0 Å². The van der Waals surface area contributed by atoms with Crippen LogP contribution in [0.4, 0.5) is 0 Å². The van der Waals surface area contributed by atoms with E-state index in [0.29, 0.717) is 6.04 Å². The lowest BCUT2D eigenvalue weighted by atomic mass is 10.0. The Labute approximate surface area is 99.3 Å². The van der Waals surface area contributed by atoms with Gasteiger partial charge in [-0.1, -0.05) is 49.6 Å². The first kappa shape index (κ1) is 11.7. The van der Waals surface area contributed by atoms with Crippen LogP contribution < -0.4 is 5.32 Å². The number of aryl methyl sites for hydroxylation is 1. The number of hydrogen-bond donors (Lipinski definition) is 1. The SMILES string of the molecule is CCC(NCCC1CC1)c1ccc(C)cc1. The minimum atomic E-state index is 0.541. The molecule has 0 aliphatic heterocycles. The smallest absolute Gasteiger partial charge is 0.0317 e. The minimum Gasteiger partial charge on any atom is -0.310 e. The third-order valence-electron chi connectivity index (χ3n) is 3.53. The Morgan fingerprint density at radius 2 is 1.94 bits per heavy atom. The number of nitrogens with one attached hydrogen (secondary N) is 1. The van der Waals surface area contributed by atoms with Gasteiger partial charge in [-0.25, -0.2) is 0 Å². The summed E-state index contributed by atoms with van der Waals surface area (Å²) in [5.41, 5.74) is 2.78. The van der Waals surface area contributed by atoms with Crippen LogP contribution in [0.15, 0.2) is 24.3 Å². The van der Waals surface area contributed by atoms with Gasteiger partial charge < -0.3 is 5.32 Å². The van der Waals surface area contributed by atoms with Gasteiger partial charge in [0.1, 0.15) is 0 Å². The molecule has 0 bridgehead atoms. The van der Waals surface area contributed by atoms with Crippen LogP contribution in [0.5, 0.6) is 0 Å². The summed E-state index contributed by atoms with van der Waals surface area (Å²) in [4.78, 5) is 0. The normalized spacial score (nSPS) is 17.4. The first-order chi connectivity index (χ1) is 7.79. The average molecular weight is 217 g/mol. The van der Waals surface area contributed by atoms with Crippen LogP contribution in [0.1, 0.15) is 49.8 Å². The van der Waals surface area contributed by atoms with Gasteiger partial charge in [0, 0.05) is 6.04 Å². The quantitative estimate of drug-likeness (QED) is 0.763. The van der Waals surface area contributed by atoms with E-state index in [2.05, 4.69) is 43.4 Å². The number of hydrogen-bond acceptors (Lipinski definition) is 1. The first-order valence-corrected chi connectivity index (χ1v) is 6.59.